The molecule has 126 valence electrons. The minimum absolute atomic E-state index is 0.0695. The Morgan fingerprint density at radius 2 is 2.00 bits per heavy atom. The Morgan fingerprint density at radius 3 is 2.61 bits per heavy atom. The third-order valence-electron chi connectivity index (χ3n) is 3.59. The van der Waals surface area contributed by atoms with Crippen LogP contribution in [0.25, 0.3) is 0 Å². The molecule has 23 heavy (non-hydrogen) atoms. The number of aromatic nitrogens is 2. The van der Waals surface area contributed by atoms with Crippen molar-refractivity contribution in [3.05, 3.63) is 46.8 Å². The van der Waals surface area contributed by atoms with Crippen LogP contribution in [0.5, 0.6) is 0 Å². The van der Waals surface area contributed by atoms with Crippen molar-refractivity contribution in [2.45, 2.75) is 33.2 Å². The Morgan fingerprint density at radius 1 is 1.26 bits per heavy atom. The van der Waals surface area contributed by atoms with E-state index in [9.17, 15) is 13.2 Å². The predicted molar refractivity (Wildman–Crippen MR) is 82.2 cm³/mol. The van der Waals surface area contributed by atoms with Gasteiger partial charge in [0.05, 0.1) is 12.3 Å². The molecule has 0 atom stereocenters. The molecule has 0 fully saturated rings. The van der Waals surface area contributed by atoms with Crippen LogP contribution < -0.4 is 5.32 Å². The van der Waals surface area contributed by atoms with E-state index in [4.69, 9.17) is 0 Å². The molecule has 1 aromatic heterocycles. The second-order valence-electron chi connectivity index (χ2n) is 5.43. The first-order valence-electron chi connectivity index (χ1n) is 7.22. The number of alkyl halides is 3. The molecule has 0 unspecified atom stereocenters. The number of ether oxygens (including phenoxy) is 1. The SMILES string of the molecule is Cc1nn(C)c(C)c1CNc1cccc(COCC(F)(F)F)c1. The van der Waals surface area contributed by atoms with Crippen molar-refractivity contribution in [2.75, 3.05) is 11.9 Å². The molecule has 0 aliphatic heterocycles. The Bertz CT molecular complexity index is 665. The molecular formula is C16H20F3N3O. The van der Waals surface area contributed by atoms with Gasteiger partial charge in [0.2, 0.25) is 0 Å². The van der Waals surface area contributed by atoms with E-state index in [1.807, 2.05) is 31.6 Å². The molecule has 0 aliphatic carbocycles. The van der Waals surface area contributed by atoms with Crippen molar-refractivity contribution in [2.24, 2.45) is 7.05 Å². The van der Waals surface area contributed by atoms with Gasteiger partial charge in [-0.05, 0) is 31.5 Å². The van der Waals surface area contributed by atoms with Crippen LogP contribution in [0.4, 0.5) is 18.9 Å². The number of hydrogen-bond acceptors (Lipinski definition) is 3. The lowest BCUT2D eigenvalue weighted by Gasteiger charge is -2.10. The first kappa shape index (κ1) is 17.3. The van der Waals surface area contributed by atoms with Crippen molar-refractivity contribution >= 4 is 5.69 Å². The summed E-state index contributed by atoms with van der Waals surface area (Å²) < 4.78 is 42.7. The molecule has 1 N–H and O–H groups in total. The van der Waals surface area contributed by atoms with Crippen LogP contribution in [-0.4, -0.2) is 22.6 Å². The molecule has 2 rings (SSSR count). The molecule has 0 saturated carbocycles. The van der Waals surface area contributed by atoms with Crippen LogP contribution in [0, 0.1) is 13.8 Å². The van der Waals surface area contributed by atoms with E-state index < -0.39 is 12.8 Å². The molecule has 1 heterocycles. The van der Waals surface area contributed by atoms with Gasteiger partial charge < -0.3 is 10.1 Å². The van der Waals surface area contributed by atoms with Gasteiger partial charge >= 0.3 is 6.18 Å². The molecule has 0 radical (unpaired) electrons. The highest BCUT2D eigenvalue weighted by molar-refractivity contribution is 5.46. The molecule has 0 amide bonds. The van der Waals surface area contributed by atoms with Gasteiger partial charge in [0, 0.05) is 30.5 Å². The fourth-order valence-corrected chi connectivity index (χ4v) is 2.32. The van der Waals surface area contributed by atoms with Gasteiger partial charge in [-0.2, -0.15) is 18.3 Å². The fraction of sp³-hybridized carbons (Fsp3) is 0.438. The van der Waals surface area contributed by atoms with Gasteiger partial charge in [0.25, 0.3) is 0 Å². The van der Waals surface area contributed by atoms with Gasteiger partial charge in [0.15, 0.2) is 0 Å². The highest BCUT2D eigenvalue weighted by Gasteiger charge is 2.27. The lowest BCUT2D eigenvalue weighted by atomic mass is 10.1. The van der Waals surface area contributed by atoms with Crippen molar-refractivity contribution in [1.29, 1.82) is 0 Å². The largest absolute Gasteiger partial charge is 0.411 e. The lowest BCUT2D eigenvalue weighted by molar-refractivity contribution is -0.176. The third kappa shape index (κ3) is 4.99. The van der Waals surface area contributed by atoms with Crippen molar-refractivity contribution in [3.63, 3.8) is 0 Å². The molecule has 7 heteroatoms. The molecule has 4 nitrogen and oxygen atoms in total. The molecule has 0 bridgehead atoms. The fourth-order valence-electron chi connectivity index (χ4n) is 2.32. The van der Waals surface area contributed by atoms with E-state index in [-0.39, 0.29) is 6.61 Å². The smallest absolute Gasteiger partial charge is 0.381 e. The van der Waals surface area contributed by atoms with E-state index in [0.29, 0.717) is 12.1 Å². The van der Waals surface area contributed by atoms with E-state index in [1.165, 1.54) is 0 Å². The number of hydrogen-bond donors (Lipinski definition) is 1. The van der Waals surface area contributed by atoms with Gasteiger partial charge in [0.1, 0.15) is 6.61 Å². The predicted octanol–water partition coefficient (Wildman–Crippen LogP) is 3.73. The minimum atomic E-state index is -4.30. The van der Waals surface area contributed by atoms with Crippen LogP contribution in [-0.2, 0) is 24.9 Å². The molecule has 2 aromatic rings. The van der Waals surface area contributed by atoms with Gasteiger partial charge in [-0.25, -0.2) is 0 Å². The number of halogens is 3. The number of anilines is 1. The van der Waals surface area contributed by atoms with E-state index >= 15 is 0 Å². The molecule has 0 aliphatic rings. The van der Waals surface area contributed by atoms with Crippen LogP contribution >= 0.6 is 0 Å². The summed E-state index contributed by atoms with van der Waals surface area (Å²) in [6, 6.07) is 7.19. The topological polar surface area (TPSA) is 39.1 Å². The summed E-state index contributed by atoms with van der Waals surface area (Å²) in [5.74, 6) is 0. The summed E-state index contributed by atoms with van der Waals surface area (Å²) in [5.41, 5.74) is 4.69. The summed E-state index contributed by atoms with van der Waals surface area (Å²) >= 11 is 0. The minimum Gasteiger partial charge on any atom is -0.381 e. The third-order valence-corrected chi connectivity index (χ3v) is 3.59. The van der Waals surface area contributed by atoms with Crippen LogP contribution in [0.1, 0.15) is 22.5 Å². The summed E-state index contributed by atoms with van der Waals surface area (Å²) in [6.45, 7) is 3.25. The first-order chi connectivity index (χ1) is 10.8. The number of nitrogens with one attached hydrogen (secondary N) is 1. The standard InChI is InChI=1S/C16H20F3N3O/c1-11-15(12(2)22(3)21-11)8-20-14-6-4-5-13(7-14)9-23-10-16(17,18)19/h4-7,20H,8-10H2,1-3H3. The van der Waals surface area contributed by atoms with Gasteiger partial charge in [-0.15, -0.1) is 0 Å². The molecule has 1 aromatic carbocycles. The Hall–Kier alpha value is -2.02. The second kappa shape index (κ2) is 7.04. The van der Waals surface area contributed by atoms with Crippen LogP contribution in [0.2, 0.25) is 0 Å². The Kier molecular flexibility index (Phi) is 5.30. The lowest BCUT2D eigenvalue weighted by Crippen LogP contribution is -2.16. The number of aryl methyl sites for hydroxylation is 2. The maximum absolute atomic E-state index is 12.1. The van der Waals surface area contributed by atoms with E-state index in [2.05, 4.69) is 15.2 Å². The highest BCUT2D eigenvalue weighted by atomic mass is 19.4. The average Bonchev–Trinajstić information content (AvgIpc) is 2.69. The quantitative estimate of drug-likeness (QED) is 0.879. The van der Waals surface area contributed by atoms with Gasteiger partial charge in [-0.1, -0.05) is 12.1 Å². The maximum Gasteiger partial charge on any atom is 0.411 e. The zero-order valence-electron chi connectivity index (χ0n) is 13.4. The van der Waals surface area contributed by atoms with Gasteiger partial charge in [-0.3, -0.25) is 4.68 Å². The Labute approximate surface area is 133 Å². The molecular weight excluding hydrogens is 307 g/mol. The normalized spacial score (nSPS) is 11.7. The second-order valence-corrected chi connectivity index (χ2v) is 5.43. The summed E-state index contributed by atoms with van der Waals surface area (Å²) in [4.78, 5) is 0. The van der Waals surface area contributed by atoms with Crippen LogP contribution in [0.3, 0.4) is 0 Å². The van der Waals surface area contributed by atoms with E-state index in [0.717, 1.165) is 22.6 Å². The number of nitrogens with zero attached hydrogens (tertiary/aromatic N) is 2. The molecule has 0 spiro atoms. The average molecular weight is 327 g/mol. The first-order valence-corrected chi connectivity index (χ1v) is 7.22. The summed E-state index contributed by atoms with van der Waals surface area (Å²) in [6.07, 6.45) is -4.30. The van der Waals surface area contributed by atoms with E-state index in [1.54, 1.807) is 18.2 Å². The van der Waals surface area contributed by atoms with Crippen LogP contribution in [0.15, 0.2) is 24.3 Å². The summed E-state index contributed by atoms with van der Waals surface area (Å²) in [5, 5.41) is 7.63. The monoisotopic (exact) mass is 327 g/mol. The van der Waals surface area contributed by atoms with Crippen molar-refractivity contribution in [3.8, 4) is 0 Å². The zero-order chi connectivity index (χ0) is 17.0. The summed E-state index contributed by atoms with van der Waals surface area (Å²) in [7, 11) is 1.89. The van der Waals surface area contributed by atoms with Crippen molar-refractivity contribution < 1.29 is 17.9 Å². The highest BCUT2D eigenvalue weighted by Crippen LogP contribution is 2.18. The zero-order valence-corrected chi connectivity index (χ0v) is 13.4. The number of benzene rings is 1. The molecule has 0 saturated heterocycles. The number of rotatable bonds is 6. The van der Waals surface area contributed by atoms with Crippen molar-refractivity contribution in [1.82, 2.24) is 9.78 Å². The Balaban J connectivity index is 1.95. The maximum atomic E-state index is 12.1.